The second-order valence-electron chi connectivity index (χ2n) is 6.12. The number of methoxy groups -OCH3 is 1. The lowest BCUT2D eigenvalue weighted by molar-refractivity contribution is -0.149. The van der Waals surface area contributed by atoms with Crippen molar-refractivity contribution in [2.45, 2.75) is 38.8 Å². The van der Waals surface area contributed by atoms with Crippen molar-refractivity contribution in [1.29, 1.82) is 0 Å². The lowest BCUT2D eigenvalue weighted by Gasteiger charge is -2.50. The molecule has 0 aliphatic carbocycles. The first kappa shape index (κ1) is 14.4. The normalized spacial score (nSPS) is 31.2. The zero-order valence-corrected chi connectivity index (χ0v) is 13.2. The molecular weight excluding hydrogens is 272 g/mol. The van der Waals surface area contributed by atoms with Gasteiger partial charge in [-0.3, -0.25) is 4.90 Å². The Balaban J connectivity index is 1.71. The van der Waals surface area contributed by atoms with Gasteiger partial charge in [0.2, 0.25) is 0 Å². The second kappa shape index (κ2) is 6.10. The molecule has 0 amide bonds. The first-order valence-electron chi connectivity index (χ1n) is 7.45. The average Bonchev–Trinajstić information content (AvgIpc) is 2.84. The van der Waals surface area contributed by atoms with E-state index in [9.17, 15) is 0 Å². The molecule has 3 heterocycles. The standard InChI is InChI=1S/C15H24N2O2S/c1-12-13(20-11-16-12)8-17-6-4-14-15(9-17,10-18-2)5-3-7-19-14/h11,14H,3-10H2,1-2H3/t14-,15-/m0/s1. The van der Waals surface area contributed by atoms with E-state index in [-0.39, 0.29) is 5.41 Å². The van der Waals surface area contributed by atoms with Crippen LogP contribution in [0.2, 0.25) is 0 Å². The Morgan fingerprint density at radius 1 is 1.60 bits per heavy atom. The van der Waals surface area contributed by atoms with E-state index in [2.05, 4.69) is 16.8 Å². The number of piperidine rings is 1. The maximum Gasteiger partial charge on any atom is 0.0798 e. The molecule has 4 nitrogen and oxygen atoms in total. The van der Waals surface area contributed by atoms with Crippen LogP contribution in [0.3, 0.4) is 0 Å². The van der Waals surface area contributed by atoms with E-state index in [1.54, 1.807) is 11.3 Å². The predicted molar refractivity (Wildman–Crippen MR) is 80.0 cm³/mol. The Morgan fingerprint density at radius 2 is 2.50 bits per heavy atom. The molecule has 2 atom stereocenters. The molecule has 2 saturated heterocycles. The highest BCUT2D eigenvalue weighted by molar-refractivity contribution is 7.09. The van der Waals surface area contributed by atoms with Crippen LogP contribution in [-0.4, -0.2) is 49.4 Å². The number of likely N-dealkylation sites (tertiary alicyclic amines) is 1. The maximum absolute atomic E-state index is 6.03. The van der Waals surface area contributed by atoms with E-state index < -0.39 is 0 Å². The van der Waals surface area contributed by atoms with Gasteiger partial charge in [-0.2, -0.15) is 0 Å². The summed E-state index contributed by atoms with van der Waals surface area (Å²) in [5.41, 5.74) is 3.33. The molecule has 2 aliphatic rings. The Hall–Kier alpha value is -0.490. The molecule has 3 rings (SSSR count). The summed E-state index contributed by atoms with van der Waals surface area (Å²) in [6.07, 6.45) is 3.90. The Morgan fingerprint density at radius 3 is 3.25 bits per heavy atom. The Kier molecular flexibility index (Phi) is 4.40. The van der Waals surface area contributed by atoms with Gasteiger partial charge < -0.3 is 9.47 Å². The highest BCUT2D eigenvalue weighted by Gasteiger charge is 2.45. The molecular formula is C15H24N2O2S. The molecule has 5 heteroatoms. The zero-order valence-electron chi connectivity index (χ0n) is 12.4. The number of hydrogen-bond acceptors (Lipinski definition) is 5. The third-order valence-corrected chi connectivity index (χ3v) is 5.63. The minimum Gasteiger partial charge on any atom is -0.384 e. The highest BCUT2D eigenvalue weighted by Crippen LogP contribution is 2.40. The molecule has 2 aliphatic heterocycles. The molecule has 1 aromatic heterocycles. The summed E-state index contributed by atoms with van der Waals surface area (Å²) in [6.45, 7) is 7.07. The number of rotatable bonds is 4. The van der Waals surface area contributed by atoms with Crippen molar-refractivity contribution in [3.05, 3.63) is 16.1 Å². The van der Waals surface area contributed by atoms with Crippen molar-refractivity contribution in [3.63, 3.8) is 0 Å². The van der Waals surface area contributed by atoms with Gasteiger partial charge in [0.15, 0.2) is 0 Å². The first-order chi connectivity index (χ1) is 9.73. The van der Waals surface area contributed by atoms with Crippen LogP contribution in [0.5, 0.6) is 0 Å². The molecule has 1 aromatic rings. The van der Waals surface area contributed by atoms with Crippen molar-refractivity contribution < 1.29 is 9.47 Å². The molecule has 0 bridgehead atoms. The van der Waals surface area contributed by atoms with Gasteiger partial charge in [-0.25, -0.2) is 4.98 Å². The Labute approximate surface area is 125 Å². The molecule has 20 heavy (non-hydrogen) atoms. The van der Waals surface area contributed by atoms with Crippen molar-refractivity contribution in [3.8, 4) is 0 Å². The van der Waals surface area contributed by atoms with E-state index >= 15 is 0 Å². The topological polar surface area (TPSA) is 34.6 Å². The smallest absolute Gasteiger partial charge is 0.0798 e. The molecule has 2 fully saturated rings. The molecule has 0 spiro atoms. The molecule has 0 radical (unpaired) electrons. The third-order valence-electron chi connectivity index (χ3n) is 4.71. The van der Waals surface area contributed by atoms with Gasteiger partial charge >= 0.3 is 0 Å². The first-order valence-corrected chi connectivity index (χ1v) is 8.33. The second-order valence-corrected chi connectivity index (χ2v) is 7.06. The minimum atomic E-state index is 0.198. The van der Waals surface area contributed by atoms with Crippen molar-refractivity contribution in [2.75, 3.05) is 33.4 Å². The van der Waals surface area contributed by atoms with Gasteiger partial charge in [0.1, 0.15) is 0 Å². The van der Waals surface area contributed by atoms with Crippen molar-refractivity contribution in [2.24, 2.45) is 5.41 Å². The van der Waals surface area contributed by atoms with Gasteiger partial charge in [-0.05, 0) is 26.2 Å². The fourth-order valence-electron chi connectivity index (χ4n) is 3.70. The lowest BCUT2D eigenvalue weighted by Crippen LogP contribution is -2.56. The molecule has 112 valence electrons. The van der Waals surface area contributed by atoms with E-state index in [0.717, 1.165) is 45.7 Å². The summed E-state index contributed by atoms with van der Waals surface area (Å²) < 4.78 is 11.6. The molecule has 0 N–H and O–H groups in total. The van der Waals surface area contributed by atoms with Crippen LogP contribution in [0.25, 0.3) is 0 Å². The largest absolute Gasteiger partial charge is 0.384 e. The van der Waals surface area contributed by atoms with Gasteiger partial charge in [0.25, 0.3) is 0 Å². The number of thiazole rings is 1. The lowest BCUT2D eigenvalue weighted by atomic mass is 9.73. The van der Waals surface area contributed by atoms with Crippen LogP contribution >= 0.6 is 11.3 Å². The SMILES string of the molecule is COC[C@@]12CCCO[C@H]1CCN(Cc1scnc1C)C2. The van der Waals surface area contributed by atoms with Crippen LogP contribution in [-0.2, 0) is 16.0 Å². The van der Waals surface area contributed by atoms with Crippen molar-refractivity contribution >= 4 is 11.3 Å². The minimum absolute atomic E-state index is 0.198. The Bertz CT molecular complexity index is 447. The fourth-order valence-corrected chi connectivity index (χ4v) is 4.51. The number of nitrogens with zero attached hydrogens (tertiary/aromatic N) is 2. The fraction of sp³-hybridized carbons (Fsp3) is 0.800. The zero-order chi connectivity index (χ0) is 14.0. The van der Waals surface area contributed by atoms with E-state index in [4.69, 9.17) is 9.47 Å². The van der Waals surface area contributed by atoms with Gasteiger partial charge in [0.05, 0.1) is 23.9 Å². The summed E-state index contributed by atoms with van der Waals surface area (Å²) in [5.74, 6) is 0. The number of fused-ring (bicyclic) bond motifs is 1. The van der Waals surface area contributed by atoms with Gasteiger partial charge in [-0.1, -0.05) is 0 Å². The predicted octanol–water partition coefficient (Wildman–Crippen LogP) is 2.47. The monoisotopic (exact) mass is 296 g/mol. The number of aryl methyl sites for hydroxylation is 1. The van der Waals surface area contributed by atoms with Gasteiger partial charge in [-0.15, -0.1) is 11.3 Å². The van der Waals surface area contributed by atoms with E-state index in [1.807, 2.05) is 12.6 Å². The summed E-state index contributed by atoms with van der Waals surface area (Å²) in [6, 6.07) is 0. The van der Waals surface area contributed by atoms with Crippen molar-refractivity contribution in [1.82, 2.24) is 9.88 Å². The number of ether oxygens (including phenoxy) is 2. The summed E-state index contributed by atoms with van der Waals surface area (Å²) in [7, 11) is 1.81. The molecule has 0 saturated carbocycles. The number of hydrogen-bond donors (Lipinski definition) is 0. The summed E-state index contributed by atoms with van der Waals surface area (Å²) >= 11 is 1.77. The van der Waals surface area contributed by atoms with Crippen LogP contribution in [0.1, 0.15) is 29.8 Å². The number of aromatic nitrogens is 1. The third kappa shape index (κ3) is 2.77. The van der Waals surface area contributed by atoms with Crippen LogP contribution < -0.4 is 0 Å². The summed E-state index contributed by atoms with van der Waals surface area (Å²) in [4.78, 5) is 8.32. The average molecular weight is 296 g/mol. The van der Waals surface area contributed by atoms with Crippen LogP contribution in [0, 0.1) is 12.3 Å². The van der Waals surface area contributed by atoms with E-state index in [0.29, 0.717) is 6.10 Å². The highest BCUT2D eigenvalue weighted by atomic mass is 32.1. The van der Waals surface area contributed by atoms with E-state index in [1.165, 1.54) is 17.0 Å². The molecule has 0 unspecified atom stereocenters. The molecule has 0 aromatic carbocycles. The maximum atomic E-state index is 6.03. The van der Waals surface area contributed by atoms with Crippen LogP contribution in [0.4, 0.5) is 0 Å². The van der Waals surface area contributed by atoms with Gasteiger partial charge in [0, 0.05) is 43.6 Å². The quantitative estimate of drug-likeness (QED) is 0.855. The van der Waals surface area contributed by atoms with Crippen LogP contribution in [0.15, 0.2) is 5.51 Å². The summed E-state index contributed by atoms with van der Waals surface area (Å²) in [5, 5.41) is 0.